The molecule has 34 heavy (non-hydrogen) atoms. The number of nitrogens with zero attached hydrogens (tertiary/aromatic N) is 2. The third-order valence-corrected chi connectivity index (χ3v) is 7.60. The first-order valence-corrected chi connectivity index (χ1v) is 12.7. The molecule has 2 N–H and O–H groups in total. The van der Waals surface area contributed by atoms with Crippen molar-refractivity contribution in [3.63, 3.8) is 0 Å². The van der Waals surface area contributed by atoms with E-state index in [0.29, 0.717) is 16.6 Å². The molecule has 2 heterocycles. The smallest absolute Gasteiger partial charge is 0.225 e. The van der Waals surface area contributed by atoms with Crippen LogP contribution >= 0.6 is 23.2 Å². The van der Waals surface area contributed by atoms with Crippen LogP contribution in [0, 0.1) is 12.8 Å². The number of hydrogen-bond donors (Lipinski definition) is 2. The van der Waals surface area contributed by atoms with Gasteiger partial charge < -0.3 is 20.4 Å². The summed E-state index contributed by atoms with van der Waals surface area (Å²) in [5.41, 5.74) is 4.39. The zero-order valence-electron chi connectivity index (χ0n) is 19.7. The number of anilines is 2. The van der Waals surface area contributed by atoms with Gasteiger partial charge in [-0.3, -0.25) is 9.59 Å². The summed E-state index contributed by atoms with van der Waals surface area (Å²) in [7, 11) is 0. The molecule has 0 radical (unpaired) electrons. The summed E-state index contributed by atoms with van der Waals surface area (Å²) in [6.45, 7) is 7.23. The first kappa shape index (κ1) is 24.7. The van der Waals surface area contributed by atoms with Crippen molar-refractivity contribution in [1.29, 1.82) is 0 Å². The van der Waals surface area contributed by atoms with Crippen molar-refractivity contribution in [3.05, 3.63) is 57.6 Å². The molecule has 2 unspecified atom stereocenters. The Kier molecular flexibility index (Phi) is 7.89. The molecule has 2 aliphatic heterocycles. The molecule has 2 saturated heterocycles. The summed E-state index contributed by atoms with van der Waals surface area (Å²) >= 11 is 12.5. The van der Waals surface area contributed by atoms with Gasteiger partial charge >= 0.3 is 0 Å². The number of carbonyl (C=O) groups is 2. The minimum absolute atomic E-state index is 0.0278. The van der Waals surface area contributed by atoms with E-state index in [0.717, 1.165) is 62.2 Å². The number of likely N-dealkylation sites (tertiary alicyclic amines) is 1. The highest BCUT2D eigenvalue weighted by Crippen LogP contribution is 2.32. The summed E-state index contributed by atoms with van der Waals surface area (Å²) in [5.74, 6) is 0.288. The largest absolute Gasteiger partial charge is 0.378 e. The van der Waals surface area contributed by atoms with Crippen LogP contribution in [-0.2, 0) is 9.59 Å². The molecule has 6 nitrogen and oxygen atoms in total. The van der Waals surface area contributed by atoms with Gasteiger partial charge in [-0.05, 0) is 68.5 Å². The van der Waals surface area contributed by atoms with Crippen molar-refractivity contribution in [2.45, 2.75) is 45.2 Å². The van der Waals surface area contributed by atoms with Crippen molar-refractivity contribution in [1.82, 2.24) is 10.2 Å². The number of amides is 2. The summed E-state index contributed by atoms with van der Waals surface area (Å²) in [6, 6.07) is 12.2. The van der Waals surface area contributed by atoms with Crippen LogP contribution in [0.15, 0.2) is 36.4 Å². The second kappa shape index (κ2) is 10.9. The molecular formula is C26H32Cl2N4O2. The number of carbonyl (C=O) groups excluding carboxylic acids is 2. The fourth-order valence-corrected chi connectivity index (χ4v) is 5.53. The molecular weight excluding hydrogens is 471 g/mol. The van der Waals surface area contributed by atoms with Crippen molar-refractivity contribution in [2.75, 3.05) is 36.4 Å². The highest BCUT2D eigenvalue weighted by atomic mass is 35.5. The first-order valence-electron chi connectivity index (χ1n) is 11.9. The Morgan fingerprint density at radius 2 is 1.85 bits per heavy atom. The molecule has 2 amide bonds. The predicted molar refractivity (Wildman–Crippen MR) is 139 cm³/mol. The van der Waals surface area contributed by atoms with Crippen LogP contribution in [0.3, 0.4) is 0 Å². The Bertz CT molecular complexity index is 1040. The highest BCUT2D eigenvalue weighted by Gasteiger charge is 2.32. The molecule has 2 fully saturated rings. The van der Waals surface area contributed by atoms with E-state index >= 15 is 0 Å². The summed E-state index contributed by atoms with van der Waals surface area (Å²) in [5, 5.41) is 7.68. The van der Waals surface area contributed by atoms with Crippen LogP contribution in [0.1, 0.15) is 43.4 Å². The van der Waals surface area contributed by atoms with Crippen molar-refractivity contribution in [2.24, 2.45) is 5.92 Å². The Balaban J connectivity index is 1.37. The summed E-state index contributed by atoms with van der Waals surface area (Å²) in [6.07, 6.45) is 3.25. The average Bonchev–Trinajstić information content (AvgIpc) is 3.29. The molecule has 2 aliphatic rings. The van der Waals surface area contributed by atoms with Crippen LogP contribution < -0.4 is 15.5 Å². The second-order valence-electron chi connectivity index (χ2n) is 9.35. The summed E-state index contributed by atoms with van der Waals surface area (Å²) < 4.78 is 0. The highest BCUT2D eigenvalue weighted by molar-refractivity contribution is 6.35. The number of aryl methyl sites for hydroxylation is 1. The molecule has 0 saturated carbocycles. The fourth-order valence-electron chi connectivity index (χ4n) is 4.96. The van der Waals surface area contributed by atoms with Crippen LogP contribution in [0.25, 0.3) is 0 Å². The molecule has 2 aromatic rings. The van der Waals surface area contributed by atoms with Gasteiger partial charge in [0.05, 0.1) is 6.04 Å². The molecule has 0 aliphatic carbocycles. The Morgan fingerprint density at radius 3 is 2.56 bits per heavy atom. The number of benzene rings is 2. The molecule has 8 heteroatoms. The maximum absolute atomic E-state index is 13.0. The maximum atomic E-state index is 13.0. The number of rotatable bonds is 7. The van der Waals surface area contributed by atoms with Crippen molar-refractivity contribution >= 4 is 46.9 Å². The van der Waals surface area contributed by atoms with E-state index in [1.807, 2.05) is 17.0 Å². The number of halogens is 2. The lowest BCUT2D eigenvalue weighted by Gasteiger charge is -2.35. The molecule has 2 aromatic carbocycles. The monoisotopic (exact) mass is 502 g/mol. The fraction of sp³-hybridized carbons (Fsp3) is 0.462. The standard InChI is InChI=1S/C26H32Cl2N4O2/c1-17-3-5-22(14-25(17)30-18(2)23-6-4-20(27)13-24(23)28)31-10-7-19(8-11-31)26(34)32-12-9-21(15-32)29-16-33/h3-6,13-14,16,18-19,21,30H,7-12,15H2,1-2H3,(H,29,33). The first-order chi connectivity index (χ1) is 16.4. The van der Waals surface area contributed by atoms with Gasteiger partial charge in [0.1, 0.15) is 0 Å². The van der Waals surface area contributed by atoms with E-state index < -0.39 is 0 Å². The van der Waals surface area contributed by atoms with Crippen LogP contribution in [0.2, 0.25) is 10.0 Å². The van der Waals surface area contributed by atoms with Crippen molar-refractivity contribution in [3.8, 4) is 0 Å². The minimum Gasteiger partial charge on any atom is -0.378 e. The Hall–Kier alpha value is -2.44. The lowest BCUT2D eigenvalue weighted by atomic mass is 9.94. The third-order valence-electron chi connectivity index (χ3n) is 7.04. The van der Waals surface area contributed by atoms with Crippen molar-refractivity contribution < 1.29 is 9.59 Å². The minimum atomic E-state index is 0.0278. The molecule has 4 rings (SSSR count). The van der Waals surface area contributed by atoms with Gasteiger partial charge in [0.15, 0.2) is 0 Å². The Labute approximate surface area is 211 Å². The van der Waals surface area contributed by atoms with Crippen LogP contribution in [0.5, 0.6) is 0 Å². The molecule has 0 spiro atoms. The van der Waals surface area contributed by atoms with Gasteiger partial charge in [-0.15, -0.1) is 0 Å². The zero-order chi connectivity index (χ0) is 24.2. The number of piperidine rings is 1. The van der Waals surface area contributed by atoms with E-state index in [9.17, 15) is 9.59 Å². The topological polar surface area (TPSA) is 64.7 Å². The van der Waals surface area contributed by atoms with Crippen LogP contribution in [-0.4, -0.2) is 49.4 Å². The SMILES string of the molecule is Cc1ccc(N2CCC(C(=O)N3CCC(NC=O)C3)CC2)cc1NC(C)c1ccc(Cl)cc1Cl. The maximum Gasteiger partial charge on any atom is 0.225 e. The molecule has 2 atom stereocenters. The normalized spacial score (nSPS) is 19.7. The average molecular weight is 503 g/mol. The van der Waals surface area contributed by atoms with E-state index in [2.05, 4.69) is 47.6 Å². The third kappa shape index (κ3) is 5.61. The lowest BCUT2D eigenvalue weighted by Crippen LogP contribution is -2.43. The lowest BCUT2D eigenvalue weighted by molar-refractivity contribution is -0.135. The van der Waals surface area contributed by atoms with E-state index in [-0.39, 0.29) is 23.9 Å². The number of hydrogen-bond acceptors (Lipinski definition) is 4. The predicted octanol–water partition coefficient (Wildman–Crippen LogP) is 5.04. The van der Waals surface area contributed by atoms with Crippen LogP contribution in [0.4, 0.5) is 11.4 Å². The number of nitrogens with one attached hydrogen (secondary N) is 2. The van der Waals surface area contributed by atoms with Gasteiger partial charge in [0, 0.05) is 59.6 Å². The quantitative estimate of drug-likeness (QED) is 0.520. The zero-order valence-corrected chi connectivity index (χ0v) is 21.2. The van der Waals surface area contributed by atoms with E-state index in [4.69, 9.17) is 23.2 Å². The van der Waals surface area contributed by atoms with Gasteiger partial charge in [-0.1, -0.05) is 35.3 Å². The van der Waals surface area contributed by atoms with Gasteiger partial charge in [0.2, 0.25) is 12.3 Å². The molecule has 0 bridgehead atoms. The second-order valence-corrected chi connectivity index (χ2v) is 10.2. The van der Waals surface area contributed by atoms with Gasteiger partial charge in [-0.2, -0.15) is 0 Å². The van der Waals surface area contributed by atoms with Gasteiger partial charge in [-0.25, -0.2) is 0 Å². The van der Waals surface area contributed by atoms with Gasteiger partial charge in [0.25, 0.3) is 0 Å². The summed E-state index contributed by atoms with van der Waals surface area (Å²) in [4.78, 5) is 27.9. The molecule has 0 aromatic heterocycles. The van der Waals surface area contributed by atoms with E-state index in [1.165, 1.54) is 5.56 Å². The molecule has 182 valence electrons. The Morgan fingerprint density at radius 1 is 1.09 bits per heavy atom. The van der Waals surface area contributed by atoms with E-state index in [1.54, 1.807) is 6.07 Å².